The number of rotatable bonds is 4. The summed E-state index contributed by atoms with van der Waals surface area (Å²) in [5.41, 5.74) is 0.955. The summed E-state index contributed by atoms with van der Waals surface area (Å²) in [6.45, 7) is 0. The van der Waals surface area contributed by atoms with Crippen LogP contribution in [-0.4, -0.2) is 39.6 Å². The summed E-state index contributed by atoms with van der Waals surface area (Å²) in [4.78, 5) is 31.1. The lowest BCUT2D eigenvalue weighted by Gasteiger charge is -2.21. The number of benzene rings is 1. The molecule has 2 amide bonds. The number of aromatic nitrogens is 2. The minimum atomic E-state index is -0.571. The van der Waals surface area contributed by atoms with Crippen molar-refractivity contribution < 1.29 is 14.0 Å². The summed E-state index contributed by atoms with van der Waals surface area (Å²) in [5, 5.41) is 8.00. The molecule has 0 unspecified atom stereocenters. The van der Waals surface area contributed by atoms with Gasteiger partial charge in [0.15, 0.2) is 0 Å². The number of amides is 2. The molecule has 1 aliphatic heterocycles. The largest absolute Gasteiger partial charge is 0.347 e. The molecule has 1 aromatic carbocycles. The van der Waals surface area contributed by atoms with Gasteiger partial charge in [-0.15, -0.1) is 0 Å². The van der Waals surface area contributed by atoms with Gasteiger partial charge in [0.05, 0.1) is 0 Å². The van der Waals surface area contributed by atoms with Crippen molar-refractivity contribution >= 4 is 17.5 Å². The molecule has 2 N–H and O–H groups in total. The van der Waals surface area contributed by atoms with Gasteiger partial charge in [-0.2, -0.15) is 5.10 Å². The van der Waals surface area contributed by atoms with E-state index in [0.29, 0.717) is 11.4 Å². The third-order valence-electron chi connectivity index (χ3n) is 3.74. The van der Waals surface area contributed by atoms with Crippen LogP contribution in [-0.2, 0) is 9.59 Å². The first-order chi connectivity index (χ1) is 11.5. The molecule has 0 fully saturated rings. The molecular formula is C16H16FN5O2. The Balaban J connectivity index is 1.85. The summed E-state index contributed by atoms with van der Waals surface area (Å²) in [7, 11) is 1.51. The minimum Gasteiger partial charge on any atom is -0.347 e. The van der Waals surface area contributed by atoms with Gasteiger partial charge < -0.3 is 10.3 Å². The molecule has 7 nitrogen and oxygen atoms in total. The number of hydrogen-bond acceptors (Lipinski definition) is 4. The van der Waals surface area contributed by atoms with Crippen molar-refractivity contribution in [2.75, 3.05) is 7.05 Å². The zero-order chi connectivity index (χ0) is 17.1. The van der Waals surface area contributed by atoms with Crippen LogP contribution >= 0.6 is 0 Å². The Morgan fingerprint density at radius 1 is 1.33 bits per heavy atom. The second kappa shape index (κ2) is 6.61. The van der Waals surface area contributed by atoms with E-state index in [1.54, 1.807) is 24.5 Å². The van der Waals surface area contributed by atoms with Crippen molar-refractivity contribution in [1.29, 1.82) is 0 Å². The van der Waals surface area contributed by atoms with Crippen LogP contribution in [0.2, 0.25) is 0 Å². The predicted molar refractivity (Wildman–Crippen MR) is 84.4 cm³/mol. The van der Waals surface area contributed by atoms with E-state index in [0.717, 1.165) is 5.01 Å². The number of carbonyl (C=O) groups excluding carboxylic acids is 2. The molecule has 0 saturated carbocycles. The Kier molecular flexibility index (Phi) is 4.37. The first-order valence-electron chi connectivity index (χ1n) is 7.44. The maximum atomic E-state index is 13.2. The standard InChI is InChI=1S/C16H16FN5O2/c1-22-13(23)7-6-12(21-22)16(24)20-14(15-18-8-9-19-15)10-2-4-11(17)5-3-10/h2-5,8-9,14H,6-7H2,1H3,(H,18,19)(H,20,24)/t14-/m1/s1. The number of imidazole rings is 1. The fraction of sp³-hybridized carbons (Fsp3) is 0.250. The van der Waals surface area contributed by atoms with Gasteiger partial charge in [-0.3, -0.25) is 9.59 Å². The van der Waals surface area contributed by atoms with Crippen molar-refractivity contribution in [2.45, 2.75) is 18.9 Å². The molecule has 0 bridgehead atoms. The van der Waals surface area contributed by atoms with Gasteiger partial charge in [0.2, 0.25) is 5.91 Å². The zero-order valence-corrected chi connectivity index (χ0v) is 13.0. The highest BCUT2D eigenvalue weighted by molar-refractivity contribution is 6.39. The van der Waals surface area contributed by atoms with Crippen LogP contribution in [0.4, 0.5) is 4.39 Å². The van der Waals surface area contributed by atoms with Crippen molar-refractivity contribution in [3.8, 4) is 0 Å². The maximum Gasteiger partial charge on any atom is 0.268 e. The Morgan fingerprint density at radius 2 is 2.08 bits per heavy atom. The average Bonchev–Trinajstić information content (AvgIpc) is 3.10. The topological polar surface area (TPSA) is 90.4 Å². The number of nitrogens with zero attached hydrogens (tertiary/aromatic N) is 3. The fourth-order valence-electron chi connectivity index (χ4n) is 2.45. The monoisotopic (exact) mass is 329 g/mol. The predicted octanol–water partition coefficient (Wildman–Crippen LogP) is 1.36. The van der Waals surface area contributed by atoms with Crippen LogP contribution in [0, 0.1) is 5.82 Å². The molecule has 0 aliphatic carbocycles. The molecule has 0 saturated heterocycles. The third-order valence-corrected chi connectivity index (χ3v) is 3.74. The quantitative estimate of drug-likeness (QED) is 0.887. The smallest absolute Gasteiger partial charge is 0.268 e. The van der Waals surface area contributed by atoms with Gasteiger partial charge in [0.25, 0.3) is 5.91 Å². The molecule has 0 spiro atoms. The van der Waals surface area contributed by atoms with E-state index in [9.17, 15) is 14.0 Å². The van der Waals surface area contributed by atoms with E-state index in [-0.39, 0.29) is 36.2 Å². The summed E-state index contributed by atoms with van der Waals surface area (Å²) in [5.74, 6) is -0.358. The van der Waals surface area contributed by atoms with Gasteiger partial charge in [-0.25, -0.2) is 14.4 Å². The normalized spacial score (nSPS) is 15.8. The summed E-state index contributed by atoms with van der Waals surface area (Å²) in [6, 6.07) is 5.24. The molecule has 1 aromatic heterocycles. The van der Waals surface area contributed by atoms with E-state index in [4.69, 9.17) is 0 Å². The molecule has 24 heavy (non-hydrogen) atoms. The second-order valence-electron chi connectivity index (χ2n) is 5.40. The first-order valence-corrected chi connectivity index (χ1v) is 7.44. The van der Waals surface area contributed by atoms with Crippen molar-refractivity contribution in [3.63, 3.8) is 0 Å². The van der Waals surface area contributed by atoms with Crippen LogP contribution < -0.4 is 5.32 Å². The summed E-state index contributed by atoms with van der Waals surface area (Å²) < 4.78 is 13.2. The lowest BCUT2D eigenvalue weighted by molar-refractivity contribution is -0.130. The molecule has 1 atom stereocenters. The Bertz CT molecular complexity index is 770. The SMILES string of the molecule is CN1N=C(C(=O)N[C@H](c2ccc(F)cc2)c2ncc[nH]2)CCC1=O. The highest BCUT2D eigenvalue weighted by Crippen LogP contribution is 2.20. The molecule has 1 aliphatic rings. The number of hydrazone groups is 1. The number of nitrogens with one attached hydrogen (secondary N) is 2. The van der Waals surface area contributed by atoms with E-state index in [1.165, 1.54) is 19.2 Å². The van der Waals surface area contributed by atoms with E-state index >= 15 is 0 Å². The molecule has 0 radical (unpaired) electrons. The number of H-pyrrole nitrogens is 1. The molecule has 2 heterocycles. The van der Waals surface area contributed by atoms with E-state index in [1.807, 2.05) is 0 Å². The highest BCUT2D eigenvalue weighted by Gasteiger charge is 2.26. The lowest BCUT2D eigenvalue weighted by Crippen LogP contribution is -2.39. The molecule has 124 valence electrons. The Labute approximate surface area is 137 Å². The zero-order valence-electron chi connectivity index (χ0n) is 13.0. The van der Waals surface area contributed by atoms with Crippen molar-refractivity contribution in [3.05, 3.63) is 53.9 Å². The third kappa shape index (κ3) is 3.32. The van der Waals surface area contributed by atoms with E-state index in [2.05, 4.69) is 20.4 Å². The van der Waals surface area contributed by atoms with Gasteiger partial charge in [-0.1, -0.05) is 12.1 Å². The number of halogens is 1. The Morgan fingerprint density at radius 3 is 2.71 bits per heavy atom. The van der Waals surface area contributed by atoms with Gasteiger partial charge in [0, 0.05) is 32.3 Å². The maximum absolute atomic E-state index is 13.2. The number of hydrogen-bond donors (Lipinski definition) is 2. The number of carbonyl (C=O) groups is 2. The van der Waals surface area contributed by atoms with Crippen LogP contribution in [0.1, 0.15) is 30.3 Å². The lowest BCUT2D eigenvalue weighted by atomic mass is 10.1. The summed E-state index contributed by atoms with van der Waals surface area (Å²) in [6.07, 6.45) is 3.74. The van der Waals surface area contributed by atoms with Gasteiger partial charge in [-0.05, 0) is 17.7 Å². The molecule has 3 rings (SSSR count). The highest BCUT2D eigenvalue weighted by atomic mass is 19.1. The fourth-order valence-corrected chi connectivity index (χ4v) is 2.45. The number of aromatic amines is 1. The van der Waals surface area contributed by atoms with Crippen LogP contribution in [0.15, 0.2) is 41.8 Å². The van der Waals surface area contributed by atoms with Gasteiger partial charge >= 0.3 is 0 Å². The second-order valence-corrected chi connectivity index (χ2v) is 5.40. The summed E-state index contributed by atoms with van der Waals surface area (Å²) >= 11 is 0. The van der Waals surface area contributed by atoms with Crippen LogP contribution in [0.25, 0.3) is 0 Å². The molecule has 8 heteroatoms. The van der Waals surface area contributed by atoms with Crippen molar-refractivity contribution in [1.82, 2.24) is 20.3 Å². The van der Waals surface area contributed by atoms with Crippen molar-refractivity contribution in [2.24, 2.45) is 5.10 Å². The average molecular weight is 329 g/mol. The molecule has 2 aromatic rings. The Hall–Kier alpha value is -3.03. The van der Waals surface area contributed by atoms with Crippen LogP contribution in [0.3, 0.4) is 0 Å². The minimum absolute atomic E-state index is 0.132. The van der Waals surface area contributed by atoms with Crippen LogP contribution in [0.5, 0.6) is 0 Å². The molecular weight excluding hydrogens is 313 g/mol. The van der Waals surface area contributed by atoms with E-state index < -0.39 is 6.04 Å². The first kappa shape index (κ1) is 15.9. The van der Waals surface area contributed by atoms with Gasteiger partial charge in [0.1, 0.15) is 23.4 Å².